The van der Waals surface area contributed by atoms with Crippen molar-refractivity contribution in [3.8, 4) is 0 Å². The van der Waals surface area contributed by atoms with Gasteiger partial charge in [0.05, 0.1) is 11.4 Å². The summed E-state index contributed by atoms with van der Waals surface area (Å²) in [6.45, 7) is 0. The predicted molar refractivity (Wildman–Crippen MR) is 69.9 cm³/mol. The zero-order valence-corrected chi connectivity index (χ0v) is 10.0. The highest BCUT2D eigenvalue weighted by molar-refractivity contribution is 6.49. The van der Waals surface area contributed by atoms with E-state index in [0.717, 1.165) is 0 Å². The quantitative estimate of drug-likeness (QED) is 0.827. The minimum atomic E-state index is 0.479. The van der Waals surface area contributed by atoms with E-state index < -0.39 is 0 Å². The van der Waals surface area contributed by atoms with E-state index in [0.29, 0.717) is 27.8 Å². The smallest absolute Gasteiger partial charge is 0.132 e. The molecular weight excluding hydrogens is 248 g/mol. The van der Waals surface area contributed by atoms with E-state index in [1.54, 1.807) is 12.4 Å². The second-order valence-corrected chi connectivity index (χ2v) is 4.02. The summed E-state index contributed by atoms with van der Waals surface area (Å²) in [5.41, 5.74) is 6.65. The van der Waals surface area contributed by atoms with Gasteiger partial charge < -0.3 is 0 Å². The Morgan fingerprint density at radius 2 is 1.50 bits per heavy atom. The fraction of sp³-hybridized carbons (Fsp3) is 0. The SMILES string of the molecule is ClC1=C(c2ccccn2)[N]N=C1c1ccccn1. The Kier molecular flexibility index (Phi) is 2.78. The fourth-order valence-corrected chi connectivity index (χ4v) is 1.90. The van der Waals surface area contributed by atoms with Gasteiger partial charge in [-0.15, -0.1) is 10.5 Å². The van der Waals surface area contributed by atoms with Gasteiger partial charge in [0.2, 0.25) is 0 Å². The first-order chi connectivity index (χ1) is 8.86. The van der Waals surface area contributed by atoms with Gasteiger partial charge in [0.1, 0.15) is 16.4 Å². The predicted octanol–water partition coefficient (Wildman–Crippen LogP) is 2.41. The van der Waals surface area contributed by atoms with Crippen LogP contribution in [0.5, 0.6) is 0 Å². The van der Waals surface area contributed by atoms with Gasteiger partial charge in [0.25, 0.3) is 0 Å². The summed E-state index contributed by atoms with van der Waals surface area (Å²) in [5.74, 6) is 0. The Morgan fingerprint density at radius 1 is 0.833 bits per heavy atom. The molecule has 0 fully saturated rings. The van der Waals surface area contributed by atoms with E-state index in [1.165, 1.54) is 0 Å². The lowest BCUT2D eigenvalue weighted by atomic mass is 10.2. The minimum absolute atomic E-state index is 0.479. The summed E-state index contributed by atoms with van der Waals surface area (Å²) in [6, 6.07) is 11.1. The van der Waals surface area contributed by atoms with E-state index in [4.69, 9.17) is 11.6 Å². The lowest BCUT2D eigenvalue weighted by Gasteiger charge is -2.00. The van der Waals surface area contributed by atoms with Gasteiger partial charge in [0, 0.05) is 12.4 Å². The molecule has 0 aromatic carbocycles. The average Bonchev–Trinajstić information content (AvgIpc) is 2.83. The van der Waals surface area contributed by atoms with E-state index in [9.17, 15) is 0 Å². The van der Waals surface area contributed by atoms with Crippen molar-refractivity contribution >= 4 is 23.0 Å². The van der Waals surface area contributed by atoms with Crippen molar-refractivity contribution in [2.45, 2.75) is 0 Å². The normalized spacial score (nSPS) is 14.4. The van der Waals surface area contributed by atoms with Gasteiger partial charge >= 0.3 is 0 Å². The topological polar surface area (TPSA) is 52.2 Å². The maximum absolute atomic E-state index is 6.29. The van der Waals surface area contributed by atoms with E-state index >= 15 is 0 Å². The largest absolute Gasteiger partial charge is 0.254 e. The van der Waals surface area contributed by atoms with Crippen LogP contribution in [0.4, 0.5) is 0 Å². The van der Waals surface area contributed by atoms with Crippen LogP contribution in [0.2, 0.25) is 0 Å². The van der Waals surface area contributed by atoms with Crippen molar-refractivity contribution in [1.82, 2.24) is 15.4 Å². The summed E-state index contributed by atoms with van der Waals surface area (Å²) < 4.78 is 0. The third-order valence-electron chi connectivity index (χ3n) is 2.48. The molecule has 1 aliphatic rings. The molecule has 4 nitrogen and oxygen atoms in total. The molecule has 0 aliphatic carbocycles. The lowest BCUT2D eigenvalue weighted by molar-refractivity contribution is 0.979. The summed E-state index contributed by atoms with van der Waals surface area (Å²) in [6.07, 6.45) is 3.39. The summed E-state index contributed by atoms with van der Waals surface area (Å²) >= 11 is 6.29. The highest BCUT2D eigenvalue weighted by atomic mass is 35.5. The van der Waals surface area contributed by atoms with Gasteiger partial charge in [0.15, 0.2) is 0 Å². The van der Waals surface area contributed by atoms with Crippen LogP contribution in [-0.2, 0) is 0 Å². The molecule has 5 heteroatoms. The Hall–Kier alpha value is -2.20. The van der Waals surface area contributed by atoms with E-state index in [2.05, 4.69) is 20.5 Å². The second kappa shape index (κ2) is 4.58. The van der Waals surface area contributed by atoms with Gasteiger partial charge in [-0.25, -0.2) is 0 Å². The Balaban J connectivity index is 2.00. The first kappa shape index (κ1) is 10.9. The van der Waals surface area contributed by atoms with Crippen LogP contribution in [0.3, 0.4) is 0 Å². The van der Waals surface area contributed by atoms with Crippen molar-refractivity contribution in [3.05, 3.63) is 65.2 Å². The number of rotatable bonds is 2. The fourth-order valence-electron chi connectivity index (χ4n) is 1.63. The van der Waals surface area contributed by atoms with Gasteiger partial charge in [-0.2, -0.15) is 0 Å². The first-order valence-electron chi connectivity index (χ1n) is 5.38. The van der Waals surface area contributed by atoms with Gasteiger partial charge in [-0.05, 0) is 24.3 Å². The standard InChI is InChI=1S/C13H8ClN4/c14-11-12(9-5-1-3-7-15-9)17-18-13(11)10-6-2-4-8-16-10/h1-8H. The lowest BCUT2D eigenvalue weighted by Crippen LogP contribution is -2.01. The maximum Gasteiger partial charge on any atom is 0.132 e. The molecule has 1 radical (unpaired) electrons. The number of hydrogen-bond donors (Lipinski definition) is 0. The molecule has 2 aromatic heterocycles. The molecule has 2 aromatic rings. The second-order valence-electron chi connectivity index (χ2n) is 3.64. The Labute approximate surface area is 109 Å². The van der Waals surface area contributed by atoms with Crippen LogP contribution >= 0.6 is 11.6 Å². The molecule has 0 unspecified atom stereocenters. The van der Waals surface area contributed by atoms with Gasteiger partial charge in [-0.1, -0.05) is 23.7 Å². The first-order valence-corrected chi connectivity index (χ1v) is 5.76. The van der Waals surface area contributed by atoms with Crippen molar-refractivity contribution in [1.29, 1.82) is 0 Å². The highest BCUT2D eigenvalue weighted by Gasteiger charge is 2.23. The summed E-state index contributed by atoms with van der Waals surface area (Å²) in [7, 11) is 0. The maximum atomic E-state index is 6.29. The third-order valence-corrected chi connectivity index (χ3v) is 2.84. The third kappa shape index (κ3) is 1.87. The van der Waals surface area contributed by atoms with Crippen LogP contribution in [0.1, 0.15) is 11.4 Å². The molecule has 3 heterocycles. The monoisotopic (exact) mass is 255 g/mol. The van der Waals surface area contributed by atoms with Gasteiger partial charge in [-0.3, -0.25) is 9.97 Å². The van der Waals surface area contributed by atoms with Crippen molar-refractivity contribution in [2.24, 2.45) is 5.10 Å². The van der Waals surface area contributed by atoms with Crippen molar-refractivity contribution in [3.63, 3.8) is 0 Å². The minimum Gasteiger partial charge on any atom is -0.254 e. The number of nitrogens with zero attached hydrogens (tertiary/aromatic N) is 4. The number of hydrogen-bond acceptors (Lipinski definition) is 3. The average molecular weight is 256 g/mol. The molecule has 1 aliphatic heterocycles. The number of aromatic nitrogens is 2. The molecule has 18 heavy (non-hydrogen) atoms. The van der Waals surface area contributed by atoms with E-state index in [-0.39, 0.29) is 0 Å². The van der Waals surface area contributed by atoms with E-state index in [1.807, 2.05) is 36.4 Å². The zero-order chi connectivity index (χ0) is 12.4. The van der Waals surface area contributed by atoms with Crippen molar-refractivity contribution in [2.75, 3.05) is 0 Å². The molecular formula is C13H8ClN4. The van der Waals surface area contributed by atoms with Crippen LogP contribution < -0.4 is 5.43 Å². The number of halogens is 1. The highest BCUT2D eigenvalue weighted by Crippen LogP contribution is 2.26. The number of pyridine rings is 2. The van der Waals surface area contributed by atoms with Crippen LogP contribution in [0.25, 0.3) is 5.70 Å². The molecule has 0 atom stereocenters. The molecule has 0 N–H and O–H groups in total. The molecule has 0 saturated heterocycles. The molecule has 0 saturated carbocycles. The summed E-state index contributed by atoms with van der Waals surface area (Å²) in [5, 5.41) is 4.56. The van der Waals surface area contributed by atoms with Crippen LogP contribution in [0, 0.1) is 0 Å². The van der Waals surface area contributed by atoms with Crippen LogP contribution in [0.15, 0.2) is 58.9 Å². The zero-order valence-electron chi connectivity index (χ0n) is 9.29. The number of allylic oxidation sites excluding steroid dienone is 1. The molecule has 0 bridgehead atoms. The van der Waals surface area contributed by atoms with Crippen LogP contribution in [-0.4, -0.2) is 15.7 Å². The Bertz CT molecular complexity index is 577. The van der Waals surface area contributed by atoms with Crippen molar-refractivity contribution < 1.29 is 0 Å². The molecule has 3 rings (SSSR count). The molecule has 87 valence electrons. The molecule has 0 spiro atoms. The summed E-state index contributed by atoms with van der Waals surface area (Å²) in [4.78, 5) is 8.42. The Morgan fingerprint density at radius 3 is 2.11 bits per heavy atom. The molecule has 0 amide bonds.